The minimum absolute atomic E-state index is 0.245. The molecular weight excluding hydrogens is 256 g/mol. The molecule has 0 bridgehead atoms. The second-order valence-electron chi connectivity index (χ2n) is 5.02. The van der Waals surface area contributed by atoms with E-state index in [9.17, 15) is 8.78 Å². The molecule has 2 rings (SSSR count). The number of aryl methyl sites for hydroxylation is 2. The molecule has 106 valence electrons. The van der Waals surface area contributed by atoms with Crippen molar-refractivity contribution in [3.05, 3.63) is 70.3 Å². The Morgan fingerprint density at radius 1 is 1.00 bits per heavy atom. The van der Waals surface area contributed by atoms with Crippen LogP contribution in [0.5, 0.6) is 0 Å². The van der Waals surface area contributed by atoms with Crippen LogP contribution < -0.4 is 5.32 Å². The molecule has 0 heterocycles. The number of benzene rings is 2. The largest absolute Gasteiger partial charge is 0.306 e. The monoisotopic (exact) mass is 275 g/mol. The molecule has 0 spiro atoms. The third-order valence-electron chi connectivity index (χ3n) is 3.41. The maximum atomic E-state index is 14.1. The summed E-state index contributed by atoms with van der Waals surface area (Å²) in [6.07, 6.45) is 0. The summed E-state index contributed by atoms with van der Waals surface area (Å²) in [5.74, 6) is -0.517. The molecule has 1 unspecified atom stereocenters. The predicted octanol–water partition coefficient (Wildman–Crippen LogP) is 4.28. The van der Waals surface area contributed by atoms with Crippen LogP contribution in [0.1, 0.15) is 35.2 Å². The van der Waals surface area contributed by atoms with Crippen molar-refractivity contribution in [3.63, 3.8) is 0 Å². The number of rotatable bonds is 4. The Labute approximate surface area is 118 Å². The van der Waals surface area contributed by atoms with Gasteiger partial charge in [0, 0.05) is 5.56 Å². The molecule has 2 aromatic carbocycles. The smallest absolute Gasteiger partial charge is 0.128 e. The predicted molar refractivity (Wildman–Crippen MR) is 77.8 cm³/mol. The van der Waals surface area contributed by atoms with Crippen LogP contribution in [0.15, 0.2) is 36.4 Å². The average molecular weight is 275 g/mol. The first-order valence-electron chi connectivity index (χ1n) is 6.78. The van der Waals surface area contributed by atoms with Gasteiger partial charge in [-0.15, -0.1) is 0 Å². The Morgan fingerprint density at radius 3 is 2.40 bits per heavy atom. The van der Waals surface area contributed by atoms with Crippen molar-refractivity contribution in [1.29, 1.82) is 0 Å². The first-order valence-corrected chi connectivity index (χ1v) is 6.78. The van der Waals surface area contributed by atoms with Crippen molar-refractivity contribution in [3.8, 4) is 0 Å². The second-order valence-corrected chi connectivity index (χ2v) is 5.02. The second kappa shape index (κ2) is 6.14. The van der Waals surface area contributed by atoms with E-state index in [2.05, 4.69) is 5.32 Å². The van der Waals surface area contributed by atoms with Crippen molar-refractivity contribution >= 4 is 0 Å². The quantitative estimate of drug-likeness (QED) is 0.878. The van der Waals surface area contributed by atoms with E-state index in [1.807, 2.05) is 26.8 Å². The van der Waals surface area contributed by atoms with Gasteiger partial charge in [-0.3, -0.25) is 0 Å². The third-order valence-corrected chi connectivity index (χ3v) is 3.41. The van der Waals surface area contributed by atoms with Crippen LogP contribution in [-0.4, -0.2) is 6.54 Å². The zero-order valence-electron chi connectivity index (χ0n) is 12.0. The Bertz CT molecular complexity index is 608. The Hall–Kier alpha value is -1.74. The number of nitrogens with one attached hydrogen (secondary N) is 1. The standard InChI is InChI=1S/C17H19F2N/c1-4-20-17(14-7-6-13(18)10-12(14)3)15-9-11(2)5-8-16(15)19/h5-10,17,20H,4H2,1-3H3. The van der Waals surface area contributed by atoms with Gasteiger partial charge in [0.1, 0.15) is 11.6 Å². The van der Waals surface area contributed by atoms with Crippen molar-refractivity contribution in [1.82, 2.24) is 5.32 Å². The van der Waals surface area contributed by atoms with Gasteiger partial charge in [-0.25, -0.2) is 8.78 Å². The summed E-state index contributed by atoms with van der Waals surface area (Å²) in [5, 5.41) is 3.28. The van der Waals surface area contributed by atoms with Crippen LogP contribution in [0.25, 0.3) is 0 Å². The first kappa shape index (κ1) is 14.7. The first-order chi connectivity index (χ1) is 9.52. The summed E-state index contributed by atoms with van der Waals surface area (Å²) in [5.41, 5.74) is 3.32. The SMILES string of the molecule is CCNC(c1ccc(F)cc1C)c1cc(C)ccc1F. The fourth-order valence-corrected chi connectivity index (χ4v) is 2.44. The Balaban J connectivity index is 2.53. The lowest BCUT2D eigenvalue weighted by Gasteiger charge is -2.22. The molecule has 1 atom stereocenters. The molecule has 1 N–H and O–H groups in total. The summed E-state index contributed by atoms with van der Waals surface area (Å²) in [7, 11) is 0. The highest BCUT2D eigenvalue weighted by molar-refractivity contribution is 5.39. The van der Waals surface area contributed by atoms with Crippen molar-refractivity contribution in [2.75, 3.05) is 6.54 Å². The fraction of sp³-hybridized carbons (Fsp3) is 0.294. The highest BCUT2D eigenvalue weighted by Crippen LogP contribution is 2.28. The maximum Gasteiger partial charge on any atom is 0.128 e. The van der Waals surface area contributed by atoms with Crippen LogP contribution in [0.3, 0.4) is 0 Å². The minimum atomic E-state index is -0.272. The maximum absolute atomic E-state index is 14.1. The van der Waals surface area contributed by atoms with Gasteiger partial charge in [0.2, 0.25) is 0 Å². The van der Waals surface area contributed by atoms with Gasteiger partial charge >= 0.3 is 0 Å². The van der Waals surface area contributed by atoms with Gasteiger partial charge < -0.3 is 5.32 Å². The van der Waals surface area contributed by atoms with Gasteiger partial charge in [-0.05, 0) is 49.7 Å². The molecule has 0 aromatic heterocycles. The van der Waals surface area contributed by atoms with Crippen molar-refractivity contribution < 1.29 is 8.78 Å². The fourth-order valence-electron chi connectivity index (χ4n) is 2.44. The molecule has 0 saturated carbocycles. The highest BCUT2D eigenvalue weighted by Gasteiger charge is 2.19. The molecule has 0 aliphatic heterocycles. The van der Waals surface area contributed by atoms with Crippen molar-refractivity contribution in [2.45, 2.75) is 26.8 Å². The molecule has 0 aliphatic carbocycles. The Morgan fingerprint density at radius 2 is 1.75 bits per heavy atom. The molecule has 0 saturated heterocycles. The average Bonchev–Trinajstić information content (AvgIpc) is 2.40. The van der Waals surface area contributed by atoms with E-state index in [0.29, 0.717) is 12.1 Å². The number of halogens is 2. The topological polar surface area (TPSA) is 12.0 Å². The van der Waals surface area contributed by atoms with E-state index in [1.54, 1.807) is 12.1 Å². The lowest BCUT2D eigenvalue weighted by Crippen LogP contribution is -2.24. The van der Waals surface area contributed by atoms with E-state index in [1.165, 1.54) is 18.2 Å². The Kier molecular flexibility index (Phi) is 4.50. The lowest BCUT2D eigenvalue weighted by atomic mass is 9.93. The van der Waals surface area contributed by atoms with Gasteiger partial charge in [0.25, 0.3) is 0 Å². The molecule has 0 amide bonds. The molecular formula is C17H19F2N. The molecule has 20 heavy (non-hydrogen) atoms. The molecule has 0 aliphatic rings. The highest BCUT2D eigenvalue weighted by atomic mass is 19.1. The van der Waals surface area contributed by atoms with Crippen LogP contribution >= 0.6 is 0 Å². The molecule has 3 heteroatoms. The van der Waals surface area contributed by atoms with E-state index < -0.39 is 0 Å². The summed E-state index contributed by atoms with van der Waals surface area (Å²) in [4.78, 5) is 0. The number of hydrogen-bond donors (Lipinski definition) is 1. The van der Waals surface area contributed by atoms with Gasteiger partial charge in [-0.1, -0.05) is 30.7 Å². The minimum Gasteiger partial charge on any atom is -0.306 e. The molecule has 2 aromatic rings. The van der Waals surface area contributed by atoms with Crippen LogP contribution in [0, 0.1) is 25.5 Å². The zero-order chi connectivity index (χ0) is 14.7. The van der Waals surface area contributed by atoms with Crippen LogP contribution in [0.2, 0.25) is 0 Å². The summed E-state index contributed by atoms with van der Waals surface area (Å²) in [6, 6.07) is 9.42. The lowest BCUT2D eigenvalue weighted by molar-refractivity contribution is 0.555. The van der Waals surface area contributed by atoms with Gasteiger partial charge in [0.15, 0.2) is 0 Å². The summed E-state index contributed by atoms with van der Waals surface area (Å²) >= 11 is 0. The van der Waals surface area contributed by atoms with E-state index in [0.717, 1.165) is 16.7 Å². The van der Waals surface area contributed by atoms with E-state index >= 15 is 0 Å². The molecule has 0 radical (unpaired) electrons. The van der Waals surface area contributed by atoms with E-state index in [4.69, 9.17) is 0 Å². The third kappa shape index (κ3) is 3.05. The summed E-state index contributed by atoms with van der Waals surface area (Å²) in [6.45, 7) is 6.45. The zero-order valence-corrected chi connectivity index (χ0v) is 12.0. The van der Waals surface area contributed by atoms with E-state index in [-0.39, 0.29) is 17.7 Å². The van der Waals surface area contributed by atoms with Gasteiger partial charge in [0.05, 0.1) is 6.04 Å². The normalized spacial score (nSPS) is 12.4. The van der Waals surface area contributed by atoms with Crippen LogP contribution in [0.4, 0.5) is 8.78 Å². The van der Waals surface area contributed by atoms with Crippen molar-refractivity contribution in [2.24, 2.45) is 0 Å². The van der Waals surface area contributed by atoms with Gasteiger partial charge in [-0.2, -0.15) is 0 Å². The number of hydrogen-bond acceptors (Lipinski definition) is 1. The van der Waals surface area contributed by atoms with Crippen LogP contribution in [-0.2, 0) is 0 Å². The summed E-state index contributed by atoms with van der Waals surface area (Å²) < 4.78 is 27.4. The molecule has 1 nitrogen and oxygen atoms in total. The molecule has 0 fully saturated rings.